The molecule has 8 nitrogen and oxygen atoms in total. The molecule has 0 aliphatic carbocycles. The SMILES string of the molecule is Cc1ccc(S(=O)(=O)Oc2nc(N)nc3[nH]cnc23)cc1. The number of nitrogens with two attached hydrogens (primary N) is 1. The van der Waals surface area contributed by atoms with E-state index in [4.69, 9.17) is 9.92 Å². The lowest BCUT2D eigenvalue weighted by Crippen LogP contribution is -2.12. The molecule has 0 radical (unpaired) electrons. The molecule has 3 aromatic rings. The lowest BCUT2D eigenvalue weighted by molar-refractivity contribution is 0.479. The average molecular weight is 305 g/mol. The van der Waals surface area contributed by atoms with Gasteiger partial charge in [0.2, 0.25) is 5.95 Å². The fourth-order valence-corrected chi connectivity index (χ4v) is 2.63. The molecule has 0 unspecified atom stereocenters. The summed E-state index contributed by atoms with van der Waals surface area (Å²) in [6, 6.07) is 6.26. The van der Waals surface area contributed by atoms with E-state index in [1.807, 2.05) is 6.92 Å². The number of H-pyrrole nitrogens is 1. The monoisotopic (exact) mass is 305 g/mol. The van der Waals surface area contributed by atoms with Gasteiger partial charge in [-0.25, -0.2) is 4.98 Å². The smallest absolute Gasteiger partial charge is 0.340 e. The van der Waals surface area contributed by atoms with E-state index in [0.717, 1.165) is 5.56 Å². The molecule has 0 amide bonds. The molecule has 0 atom stereocenters. The Morgan fingerprint density at radius 3 is 2.62 bits per heavy atom. The highest BCUT2D eigenvalue weighted by Crippen LogP contribution is 2.23. The lowest BCUT2D eigenvalue weighted by atomic mass is 10.2. The Bertz CT molecular complexity index is 902. The van der Waals surface area contributed by atoms with Crippen LogP contribution in [0.1, 0.15) is 5.56 Å². The van der Waals surface area contributed by atoms with Gasteiger partial charge in [-0.1, -0.05) is 17.7 Å². The third-order valence-corrected chi connectivity index (χ3v) is 3.99. The molecule has 0 saturated carbocycles. The van der Waals surface area contributed by atoms with E-state index < -0.39 is 10.1 Å². The highest BCUT2D eigenvalue weighted by molar-refractivity contribution is 7.87. The highest BCUT2D eigenvalue weighted by Gasteiger charge is 2.20. The molecule has 0 bridgehead atoms. The van der Waals surface area contributed by atoms with Crippen LogP contribution in [0.5, 0.6) is 5.88 Å². The van der Waals surface area contributed by atoms with E-state index in [0.29, 0.717) is 5.65 Å². The summed E-state index contributed by atoms with van der Waals surface area (Å²) in [5.41, 5.74) is 6.95. The van der Waals surface area contributed by atoms with Gasteiger partial charge in [0.15, 0.2) is 11.2 Å². The fraction of sp³-hybridized carbons (Fsp3) is 0.0833. The standard InChI is InChI=1S/C12H11N5O3S/c1-7-2-4-8(5-3-7)21(18,19)20-11-9-10(15-6-14-9)16-12(13)17-11/h2-6H,1H3,(H3,13,14,15,16,17). The third kappa shape index (κ3) is 2.50. The van der Waals surface area contributed by atoms with Gasteiger partial charge in [0.25, 0.3) is 5.88 Å². The average Bonchev–Trinajstić information content (AvgIpc) is 2.87. The zero-order valence-corrected chi connectivity index (χ0v) is 11.8. The van der Waals surface area contributed by atoms with Crippen molar-refractivity contribution in [3.05, 3.63) is 36.2 Å². The number of nitrogen functional groups attached to an aromatic ring is 1. The number of benzene rings is 1. The first-order valence-corrected chi connectivity index (χ1v) is 7.34. The van der Waals surface area contributed by atoms with Crippen LogP contribution in [-0.2, 0) is 10.1 Å². The number of imidazole rings is 1. The number of anilines is 1. The molecular weight excluding hydrogens is 294 g/mol. The second-order valence-corrected chi connectivity index (χ2v) is 5.88. The molecule has 2 aromatic heterocycles. The van der Waals surface area contributed by atoms with Crippen molar-refractivity contribution in [2.45, 2.75) is 11.8 Å². The van der Waals surface area contributed by atoms with Crippen molar-refractivity contribution < 1.29 is 12.6 Å². The number of aromatic nitrogens is 4. The molecule has 1 aromatic carbocycles. The third-order valence-electron chi connectivity index (χ3n) is 2.76. The molecule has 3 rings (SSSR count). The first-order valence-electron chi connectivity index (χ1n) is 5.93. The maximum absolute atomic E-state index is 12.2. The molecule has 108 valence electrons. The van der Waals surface area contributed by atoms with Crippen LogP contribution >= 0.6 is 0 Å². The van der Waals surface area contributed by atoms with E-state index in [9.17, 15) is 8.42 Å². The number of hydrogen-bond donors (Lipinski definition) is 2. The van der Waals surface area contributed by atoms with Crippen LogP contribution in [0.2, 0.25) is 0 Å². The predicted molar refractivity (Wildman–Crippen MR) is 75.1 cm³/mol. The van der Waals surface area contributed by atoms with Crippen LogP contribution in [0.15, 0.2) is 35.5 Å². The van der Waals surface area contributed by atoms with Crippen LogP contribution in [0.3, 0.4) is 0 Å². The summed E-state index contributed by atoms with van der Waals surface area (Å²) in [5.74, 6) is -0.319. The van der Waals surface area contributed by atoms with Gasteiger partial charge in [-0.15, -0.1) is 0 Å². The minimum atomic E-state index is -4.02. The van der Waals surface area contributed by atoms with E-state index in [1.54, 1.807) is 12.1 Å². The van der Waals surface area contributed by atoms with Crippen molar-refractivity contribution >= 4 is 27.2 Å². The van der Waals surface area contributed by atoms with E-state index in [2.05, 4.69) is 19.9 Å². The van der Waals surface area contributed by atoms with Gasteiger partial charge in [0.05, 0.1) is 6.33 Å². The molecule has 0 fully saturated rings. The molecule has 0 spiro atoms. The summed E-state index contributed by atoms with van der Waals surface area (Å²) in [6.07, 6.45) is 1.35. The molecule has 21 heavy (non-hydrogen) atoms. The van der Waals surface area contributed by atoms with Gasteiger partial charge < -0.3 is 14.9 Å². The number of aromatic amines is 1. The Hall–Kier alpha value is -2.68. The lowest BCUT2D eigenvalue weighted by Gasteiger charge is -2.07. The highest BCUT2D eigenvalue weighted by atomic mass is 32.2. The first kappa shape index (κ1) is 13.3. The minimum absolute atomic E-state index is 0.0222. The summed E-state index contributed by atoms with van der Waals surface area (Å²) in [4.78, 5) is 14.3. The van der Waals surface area contributed by atoms with Gasteiger partial charge in [-0.3, -0.25) is 0 Å². The normalized spacial score (nSPS) is 11.7. The Labute approximate surface area is 120 Å². The zero-order chi connectivity index (χ0) is 15.0. The van der Waals surface area contributed by atoms with E-state index in [1.165, 1.54) is 18.5 Å². The maximum atomic E-state index is 12.2. The van der Waals surface area contributed by atoms with Gasteiger partial charge in [-0.2, -0.15) is 18.4 Å². The Morgan fingerprint density at radius 2 is 1.90 bits per heavy atom. The van der Waals surface area contributed by atoms with Gasteiger partial charge >= 0.3 is 10.1 Å². The summed E-state index contributed by atoms with van der Waals surface area (Å²) >= 11 is 0. The maximum Gasteiger partial charge on any atom is 0.340 e. The molecule has 0 aliphatic heterocycles. The van der Waals surface area contributed by atoms with Crippen molar-refractivity contribution in [1.29, 1.82) is 0 Å². The minimum Gasteiger partial charge on any atom is -0.368 e. The van der Waals surface area contributed by atoms with Crippen molar-refractivity contribution in [2.24, 2.45) is 0 Å². The second-order valence-electron chi connectivity index (χ2n) is 4.34. The number of fused-ring (bicyclic) bond motifs is 1. The number of nitrogens with zero attached hydrogens (tertiary/aromatic N) is 3. The topological polar surface area (TPSA) is 124 Å². The molecule has 0 saturated heterocycles. The molecule has 0 aliphatic rings. The Kier molecular flexibility index (Phi) is 2.98. The van der Waals surface area contributed by atoms with Crippen LogP contribution in [0, 0.1) is 6.92 Å². The number of aryl methyl sites for hydroxylation is 1. The number of nitrogens with one attached hydrogen (secondary N) is 1. The first-order chi connectivity index (χ1) is 9.95. The van der Waals surface area contributed by atoms with E-state index >= 15 is 0 Å². The van der Waals surface area contributed by atoms with E-state index in [-0.39, 0.29) is 22.2 Å². The van der Waals surface area contributed by atoms with Crippen molar-refractivity contribution in [2.75, 3.05) is 5.73 Å². The molecular formula is C12H11N5O3S. The van der Waals surface area contributed by atoms with Crippen molar-refractivity contribution in [3.8, 4) is 5.88 Å². The number of hydrogen-bond acceptors (Lipinski definition) is 7. The summed E-state index contributed by atoms with van der Waals surface area (Å²) < 4.78 is 29.5. The summed E-state index contributed by atoms with van der Waals surface area (Å²) in [7, 11) is -4.02. The van der Waals surface area contributed by atoms with Gasteiger partial charge in [0, 0.05) is 0 Å². The summed E-state index contributed by atoms with van der Waals surface area (Å²) in [6.45, 7) is 1.86. The molecule has 3 N–H and O–H groups in total. The quantitative estimate of drug-likeness (QED) is 0.692. The van der Waals surface area contributed by atoms with Crippen LogP contribution in [0.4, 0.5) is 5.95 Å². The Morgan fingerprint density at radius 1 is 1.19 bits per heavy atom. The zero-order valence-electron chi connectivity index (χ0n) is 10.9. The van der Waals surface area contributed by atoms with Crippen LogP contribution < -0.4 is 9.92 Å². The van der Waals surface area contributed by atoms with Gasteiger partial charge in [0.1, 0.15) is 4.90 Å². The second kappa shape index (κ2) is 4.70. The molecule has 2 heterocycles. The molecule has 9 heteroatoms. The van der Waals surface area contributed by atoms with Crippen molar-refractivity contribution in [1.82, 2.24) is 19.9 Å². The van der Waals surface area contributed by atoms with Crippen LogP contribution in [-0.4, -0.2) is 28.4 Å². The predicted octanol–water partition coefficient (Wildman–Crippen LogP) is 1.01. The van der Waals surface area contributed by atoms with Crippen molar-refractivity contribution in [3.63, 3.8) is 0 Å². The number of rotatable bonds is 3. The van der Waals surface area contributed by atoms with Crippen LogP contribution in [0.25, 0.3) is 11.2 Å². The van der Waals surface area contributed by atoms with Gasteiger partial charge in [-0.05, 0) is 19.1 Å². The summed E-state index contributed by atoms with van der Waals surface area (Å²) in [5, 5.41) is 0. The fourth-order valence-electron chi connectivity index (χ4n) is 1.74. The largest absolute Gasteiger partial charge is 0.368 e. The Balaban J connectivity index is 2.05.